The first-order valence-electron chi connectivity index (χ1n) is 9.60. The van der Waals surface area contributed by atoms with Gasteiger partial charge < -0.3 is 9.47 Å². The van der Waals surface area contributed by atoms with Gasteiger partial charge in [-0.2, -0.15) is 0 Å². The van der Waals surface area contributed by atoms with Crippen LogP contribution in [0.1, 0.15) is 33.5 Å². The quantitative estimate of drug-likeness (QED) is 0.373. The molecule has 3 heteroatoms. The van der Waals surface area contributed by atoms with E-state index in [0.29, 0.717) is 31.8 Å². The number of hydrogen-bond donors (Lipinski definition) is 0. The third kappa shape index (κ3) is 5.54. The molecule has 0 aromatic heterocycles. The molecule has 0 aliphatic heterocycles. The molecule has 0 N–H and O–H groups in total. The van der Waals surface area contributed by atoms with Gasteiger partial charge in [-0.1, -0.05) is 60.7 Å². The molecule has 0 saturated carbocycles. The van der Waals surface area contributed by atoms with E-state index in [9.17, 15) is 4.79 Å². The van der Waals surface area contributed by atoms with E-state index in [1.54, 1.807) is 0 Å². The van der Waals surface area contributed by atoms with Crippen LogP contribution in [0.5, 0.6) is 0 Å². The predicted octanol–water partition coefficient (Wildman–Crippen LogP) is 5.73. The van der Waals surface area contributed by atoms with Crippen molar-refractivity contribution in [3.8, 4) is 11.1 Å². The number of carbonyl (C=O) groups is 1. The number of carbonyl (C=O) groups excluding carboxylic acids is 1. The molecule has 144 valence electrons. The predicted molar refractivity (Wildman–Crippen MR) is 112 cm³/mol. The van der Waals surface area contributed by atoms with Crippen LogP contribution < -0.4 is 0 Å². The molecule has 0 aliphatic rings. The Morgan fingerprint density at radius 3 is 2.21 bits per heavy atom. The van der Waals surface area contributed by atoms with Gasteiger partial charge in [0, 0.05) is 6.42 Å². The van der Waals surface area contributed by atoms with Gasteiger partial charge in [0.1, 0.15) is 0 Å². The van der Waals surface area contributed by atoms with Gasteiger partial charge in [-0.05, 0) is 53.8 Å². The van der Waals surface area contributed by atoms with Gasteiger partial charge in [0.15, 0.2) is 0 Å². The van der Waals surface area contributed by atoms with E-state index in [4.69, 9.17) is 9.47 Å². The highest BCUT2D eigenvalue weighted by atomic mass is 16.5. The summed E-state index contributed by atoms with van der Waals surface area (Å²) in [5, 5.41) is 0. The third-order valence-electron chi connectivity index (χ3n) is 4.74. The number of rotatable bonds is 8. The van der Waals surface area contributed by atoms with Gasteiger partial charge >= 0.3 is 5.97 Å². The molecule has 0 fully saturated rings. The van der Waals surface area contributed by atoms with Crippen molar-refractivity contribution >= 4 is 5.97 Å². The third-order valence-corrected chi connectivity index (χ3v) is 4.74. The van der Waals surface area contributed by atoms with Crippen LogP contribution in [0.3, 0.4) is 0 Å². The Labute approximate surface area is 166 Å². The summed E-state index contributed by atoms with van der Waals surface area (Å²) in [6.45, 7) is 5.70. The van der Waals surface area contributed by atoms with E-state index in [-0.39, 0.29) is 5.97 Å². The minimum absolute atomic E-state index is 0.297. The molecule has 3 nitrogen and oxygen atoms in total. The van der Waals surface area contributed by atoms with Crippen molar-refractivity contribution < 1.29 is 14.3 Å². The average Bonchev–Trinajstić information content (AvgIpc) is 2.73. The Hall–Kier alpha value is -2.91. The summed E-state index contributed by atoms with van der Waals surface area (Å²) in [6, 6.07) is 24.0. The van der Waals surface area contributed by atoms with Crippen LogP contribution in [0.25, 0.3) is 11.1 Å². The number of aryl methyl sites for hydroxylation is 2. The summed E-state index contributed by atoms with van der Waals surface area (Å²) >= 11 is 0. The summed E-state index contributed by atoms with van der Waals surface area (Å²) in [7, 11) is 0. The maximum atomic E-state index is 12.2. The SMILES string of the molecule is Cc1ccc(-c2ccc(C(=O)OCCCOCc3ccccc3)cc2)cc1C. The Balaban J connectivity index is 1.42. The summed E-state index contributed by atoms with van der Waals surface area (Å²) in [5.74, 6) is -0.297. The molecule has 0 saturated heterocycles. The van der Waals surface area contributed by atoms with Gasteiger partial charge in [0.05, 0.1) is 25.4 Å². The fourth-order valence-corrected chi connectivity index (χ4v) is 2.89. The Morgan fingerprint density at radius 2 is 1.50 bits per heavy atom. The van der Waals surface area contributed by atoms with Crippen molar-refractivity contribution in [2.24, 2.45) is 0 Å². The molecule has 0 bridgehead atoms. The second-order valence-electron chi connectivity index (χ2n) is 6.90. The summed E-state index contributed by atoms with van der Waals surface area (Å²) in [5.41, 5.74) is 6.49. The fourth-order valence-electron chi connectivity index (χ4n) is 2.89. The Morgan fingerprint density at radius 1 is 0.786 bits per heavy atom. The zero-order valence-electron chi connectivity index (χ0n) is 16.5. The Kier molecular flexibility index (Phi) is 6.99. The van der Waals surface area contributed by atoms with E-state index >= 15 is 0 Å². The van der Waals surface area contributed by atoms with Crippen LogP contribution in [0.2, 0.25) is 0 Å². The normalized spacial score (nSPS) is 10.6. The molecule has 0 atom stereocenters. The van der Waals surface area contributed by atoms with Gasteiger partial charge in [0.25, 0.3) is 0 Å². The fraction of sp³-hybridized carbons (Fsp3) is 0.240. The second-order valence-corrected chi connectivity index (χ2v) is 6.90. The number of benzene rings is 3. The zero-order valence-corrected chi connectivity index (χ0v) is 16.5. The van der Waals surface area contributed by atoms with Gasteiger partial charge in [-0.15, -0.1) is 0 Å². The first-order chi connectivity index (χ1) is 13.6. The lowest BCUT2D eigenvalue weighted by Crippen LogP contribution is -2.08. The van der Waals surface area contributed by atoms with Gasteiger partial charge in [0.2, 0.25) is 0 Å². The monoisotopic (exact) mass is 374 g/mol. The van der Waals surface area contributed by atoms with Crippen LogP contribution in [0.4, 0.5) is 0 Å². The molecule has 0 unspecified atom stereocenters. The highest BCUT2D eigenvalue weighted by Crippen LogP contribution is 2.22. The molecule has 0 aliphatic carbocycles. The van der Waals surface area contributed by atoms with Crippen LogP contribution in [0.15, 0.2) is 72.8 Å². The standard InChI is InChI=1S/C25H26O3/c1-19-9-10-24(17-20(19)2)22-11-13-23(14-12-22)25(26)28-16-6-15-27-18-21-7-4-3-5-8-21/h3-5,7-14,17H,6,15-16,18H2,1-2H3. The number of esters is 1. The number of ether oxygens (including phenoxy) is 2. The van der Waals surface area contributed by atoms with Crippen molar-refractivity contribution in [1.29, 1.82) is 0 Å². The smallest absolute Gasteiger partial charge is 0.338 e. The lowest BCUT2D eigenvalue weighted by Gasteiger charge is -2.08. The van der Waals surface area contributed by atoms with E-state index in [1.807, 2.05) is 54.6 Å². The highest BCUT2D eigenvalue weighted by molar-refractivity contribution is 5.90. The summed E-state index contributed by atoms with van der Waals surface area (Å²) in [6.07, 6.45) is 0.680. The molecule has 0 spiro atoms. The van der Waals surface area contributed by atoms with Crippen molar-refractivity contribution in [2.45, 2.75) is 26.9 Å². The minimum atomic E-state index is -0.297. The van der Waals surface area contributed by atoms with E-state index in [1.165, 1.54) is 11.1 Å². The topological polar surface area (TPSA) is 35.5 Å². The lowest BCUT2D eigenvalue weighted by molar-refractivity contribution is 0.0434. The van der Waals surface area contributed by atoms with Crippen molar-refractivity contribution in [1.82, 2.24) is 0 Å². The van der Waals surface area contributed by atoms with Crippen LogP contribution >= 0.6 is 0 Å². The van der Waals surface area contributed by atoms with Crippen LogP contribution in [-0.2, 0) is 16.1 Å². The maximum absolute atomic E-state index is 12.2. The van der Waals surface area contributed by atoms with Crippen LogP contribution in [-0.4, -0.2) is 19.2 Å². The molecule has 0 radical (unpaired) electrons. The van der Waals surface area contributed by atoms with Gasteiger partial charge in [-0.3, -0.25) is 0 Å². The maximum Gasteiger partial charge on any atom is 0.338 e. The second kappa shape index (κ2) is 9.86. The van der Waals surface area contributed by atoms with Crippen molar-refractivity contribution in [3.05, 3.63) is 95.1 Å². The molecule has 3 aromatic rings. The molecular weight excluding hydrogens is 348 g/mol. The minimum Gasteiger partial charge on any atom is -0.462 e. The van der Waals surface area contributed by atoms with E-state index in [2.05, 4.69) is 32.0 Å². The molecular formula is C25H26O3. The average molecular weight is 374 g/mol. The van der Waals surface area contributed by atoms with Crippen molar-refractivity contribution in [3.63, 3.8) is 0 Å². The lowest BCUT2D eigenvalue weighted by atomic mass is 10.00. The highest BCUT2D eigenvalue weighted by Gasteiger charge is 2.08. The first-order valence-corrected chi connectivity index (χ1v) is 9.60. The Bertz CT molecular complexity index is 899. The molecule has 3 rings (SSSR count). The molecule has 0 amide bonds. The summed E-state index contributed by atoms with van der Waals surface area (Å²) < 4.78 is 10.9. The van der Waals surface area contributed by atoms with Crippen molar-refractivity contribution in [2.75, 3.05) is 13.2 Å². The molecule has 0 heterocycles. The number of hydrogen-bond acceptors (Lipinski definition) is 3. The van der Waals surface area contributed by atoms with Crippen LogP contribution in [0, 0.1) is 13.8 Å². The molecule has 28 heavy (non-hydrogen) atoms. The van der Waals surface area contributed by atoms with E-state index in [0.717, 1.165) is 16.7 Å². The zero-order chi connectivity index (χ0) is 19.8. The molecule has 3 aromatic carbocycles. The van der Waals surface area contributed by atoms with E-state index < -0.39 is 0 Å². The first kappa shape index (κ1) is 19.8. The summed E-state index contributed by atoms with van der Waals surface area (Å²) in [4.78, 5) is 12.2. The van der Waals surface area contributed by atoms with Gasteiger partial charge in [-0.25, -0.2) is 4.79 Å². The largest absolute Gasteiger partial charge is 0.462 e.